The average Bonchev–Trinajstić information content (AvgIpc) is 2.54. The van der Waals surface area contributed by atoms with E-state index in [0.717, 1.165) is 43.3 Å². The van der Waals surface area contributed by atoms with E-state index >= 15 is 0 Å². The summed E-state index contributed by atoms with van der Waals surface area (Å²) in [5.74, 6) is 0. The second-order valence-corrected chi connectivity index (χ2v) is 5.92. The van der Waals surface area contributed by atoms with Crippen LogP contribution in [0.1, 0.15) is 12.0 Å². The van der Waals surface area contributed by atoms with Gasteiger partial charge in [0.25, 0.3) is 0 Å². The lowest BCUT2D eigenvalue weighted by molar-refractivity contribution is 0.183. The number of benzene rings is 1. The van der Waals surface area contributed by atoms with Crippen molar-refractivity contribution in [2.24, 2.45) is 0 Å². The van der Waals surface area contributed by atoms with Gasteiger partial charge in [0.1, 0.15) is 0 Å². The maximum absolute atomic E-state index is 12.1. The fraction of sp³-hybridized carbons (Fsp3) is 0.562. The summed E-state index contributed by atoms with van der Waals surface area (Å²) in [6, 6.07) is 5.95. The molecule has 1 saturated heterocycles. The molecule has 0 radical (unpaired) electrons. The molecule has 1 aromatic rings. The van der Waals surface area contributed by atoms with Crippen molar-refractivity contribution in [1.82, 2.24) is 10.2 Å². The molecule has 2 rings (SSSR count). The van der Waals surface area contributed by atoms with Gasteiger partial charge < -0.3 is 19.9 Å². The first-order chi connectivity index (χ1) is 10.6. The van der Waals surface area contributed by atoms with Gasteiger partial charge in [0, 0.05) is 57.2 Å². The summed E-state index contributed by atoms with van der Waals surface area (Å²) in [7, 11) is 1.67. The van der Waals surface area contributed by atoms with Crippen LogP contribution in [0.4, 0.5) is 10.5 Å². The number of carbonyl (C=O) groups excluding carboxylic acids is 1. The SMILES string of the molecule is COCCCNC(=O)N1CCN(c2cc(Cl)ccc2C)CC1. The van der Waals surface area contributed by atoms with Crippen molar-refractivity contribution in [3.05, 3.63) is 28.8 Å². The number of amides is 2. The third-order valence-corrected chi connectivity index (χ3v) is 4.12. The quantitative estimate of drug-likeness (QED) is 0.846. The lowest BCUT2D eigenvalue weighted by Crippen LogP contribution is -2.52. The van der Waals surface area contributed by atoms with Gasteiger partial charge in [0.2, 0.25) is 0 Å². The number of aryl methyl sites for hydroxylation is 1. The number of nitrogens with zero attached hydrogens (tertiary/aromatic N) is 2. The number of halogens is 1. The van der Waals surface area contributed by atoms with Gasteiger partial charge >= 0.3 is 6.03 Å². The van der Waals surface area contributed by atoms with Crippen LogP contribution in [0.5, 0.6) is 0 Å². The standard InChI is InChI=1S/C16H24ClN3O2/c1-13-4-5-14(17)12-15(13)19-7-9-20(10-8-19)16(21)18-6-3-11-22-2/h4-5,12H,3,6-11H2,1-2H3,(H,18,21). The van der Waals surface area contributed by atoms with E-state index in [0.29, 0.717) is 13.2 Å². The van der Waals surface area contributed by atoms with E-state index in [1.165, 1.54) is 5.56 Å². The van der Waals surface area contributed by atoms with Crippen molar-refractivity contribution >= 4 is 23.3 Å². The maximum Gasteiger partial charge on any atom is 0.317 e. The van der Waals surface area contributed by atoms with E-state index in [1.54, 1.807) is 7.11 Å². The molecule has 5 nitrogen and oxygen atoms in total. The molecule has 0 unspecified atom stereocenters. The summed E-state index contributed by atoms with van der Waals surface area (Å²) in [6.07, 6.45) is 0.837. The van der Waals surface area contributed by atoms with Crippen LogP contribution in [-0.2, 0) is 4.74 Å². The first-order valence-corrected chi connectivity index (χ1v) is 8.02. The summed E-state index contributed by atoms with van der Waals surface area (Å²) in [6.45, 7) is 6.51. The highest BCUT2D eigenvalue weighted by molar-refractivity contribution is 6.30. The van der Waals surface area contributed by atoms with E-state index in [9.17, 15) is 4.79 Å². The minimum absolute atomic E-state index is 0.0126. The molecule has 2 amide bonds. The van der Waals surface area contributed by atoms with Gasteiger partial charge in [0.15, 0.2) is 0 Å². The van der Waals surface area contributed by atoms with Gasteiger partial charge in [-0.1, -0.05) is 17.7 Å². The number of piperazine rings is 1. The van der Waals surface area contributed by atoms with Crippen molar-refractivity contribution < 1.29 is 9.53 Å². The zero-order valence-corrected chi connectivity index (χ0v) is 14.0. The lowest BCUT2D eigenvalue weighted by Gasteiger charge is -2.36. The number of methoxy groups -OCH3 is 1. The van der Waals surface area contributed by atoms with Crippen LogP contribution < -0.4 is 10.2 Å². The molecule has 0 aromatic heterocycles. The van der Waals surface area contributed by atoms with Gasteiger partial charge in [0.05, 0.1) is 0 Å². The number of ether oxygens (including phenoxy) is 1. The molecule has 0 atom stereocenters. The molecule has 6 heteroatoms. The molecule has 1 aromatic carbocycles. The largest absolute Gasteiger partial charge is 0.385 e. The number of hydrogen-bond donors (Lipinski definition) is 1. The second kappa shape index (κ2) is 8.25. The summed E-state index contributed by atoms with van der Waals surface area (Å²) < 4.78 is 4.97. The fourth-order valence-electron chi connectivity index (χ4n) is 2.60. The van der Waals surface area contributed by atoms with Crippen molar-refractivity contribution in [3.8, 4) is 0 Å². The van der Waals surface area contributed by atoms with E-state index < -0.39 is 0 Å². The Labute approximate surface area is 137 Å². The Morgan fingerprint density at radius 1 is 1.32 bits per heavy atom. The number of hydrogen-bond acceptors (Lipinski definition) is 3. The second-order valence-electron chi connectivity index (χ2n) is 5.48. The summed E-state index contributed by atoms with van der Waals surface area (Å²) >= 11 is 6.09. The Hall–Kier alpha value is -1.46. The number of anilines is 1. The number of urea groups is 1. The van der Waals surface area contributed by atoms with Gasteiger partial charge in [-0.3, -0.25) is 0 Å². The molecular weight excluding hydrogens is 302 g/mol. The average molecular weight is 326 g/mol. The summed E-state index contributed by atoms with van der Waals surface area (Å²) in [4.78, 5) is 16.2. The third-order valence-electron chi connectivity index (χ3n) is 3.88. The predicted molar refractivity (Wildman–Crippen MR) is 89.9 cm³/mol. The van der Waals surface area contributed by atoms with E-state index in [2.05, 4.69) is 17.1 Å². The third kappa shape index (κ3) is 4.52. The van der Waals surface area contributed by atoms with Gasteiger partial charge in [-0.15, -0.1) is 0 Å². The highest BCUT2D eigenvalue weighted by Crippen LogP contribution is 2.25. The highest BCUT2D eigenvalue weighted by Gasteiger charge is 2.21. The molecule has 1 heterocycles. The molecule has 122 valence electrons. The first-order valence-electron chi connectivity index (χ1n) is 7.64. The lowest BCUT2D eigenvalue weighted by atomic mass is 10.1. The molecule has 0 spiro atoms. The number of nitrogens with one attached hydrogen (secondary N) is 1. The van der Waals surface area contributed by atoms with Crippen LogP contribution in [0, 0.1) is 6.92 Å². The zero-order valence-electron chi connectivity index (χ0n) is 13.3. The van der Waals surface area contributed by atoms with E-state index in [4.69, 9.17) is 16.3 Å². The van der Waals surface area contributed by atoms with Crippen molar-refractivity contribution in [1.29, 1.82) is 0 Å². The van der Waals surface area contributed by atoms with Crippen LogP contribution in [-0.4, -0.2) is 57.4 Å². The molecule has 1 aliphatic rings. The van der Waals surface area contributed by atoms with Crippen LogP contribution in [0.25, 0.3) is 0 Å². The minimum Gasteiger partial charge on any atom is -0.385 e. The predicted octanol–water partition coefficient (Wildman–Crippen LogP) is 2.52. The first kappa shape index (κ1) is 16.9. The Morgan fingerprint density at radius 3 is 2.73 bits per heavy atom. The molecule has 1 aliphatic heterocycles. The number of carbonyl (C=O) groups is 1. The Balaban J connectivity index is 1.82. The molecule has 0 aliphatic carbocycles. The normalized spacial score (nSPS) is 15.0. The molecule has 22 heavy (non-hydrogen) atoms. The molecule has 1 fully saturated rings. The van der Waals surface area contributed by atoms with Crippen molar-refractivity contribution in [3.63, 3.8) is 0 Å². The minimum atomic E-state index is 0.0126. The fourth-order valence-corrected chi connectivity index (χ4v) is 2.76. The number of rotatable bonds is 5. The van der Waals surface area contributed by atoms with Crippen LogP contribution in [0.2, 0.25) is 5.02 Å². The Bertz CT molecular complexity index is 502. The molecular formula is C16H24ClN3O2. The maximum atomic E-state index is 12.1. The zero-order chi connectivity index (χ0) is 15.9. The molecule has 0 bridgehead atoms. The van der Waals surface area contributed by atoms with Crippen molar-refractivity contribution in [2.45, 2.75) is 13.3 Å². The molecule has 1 N–H and O–H groups in total. The van der Waals surface area contributed by atoms with Gasteiger partial charge in [-0.05, 0) is 31.0 Å². The summed E-state index contributed by atoms with van der Waals surface area (Å²) in [5, 5.41) is 3.68. The van der Waals surface area contributed by atoms with E-state index in [-0.39, 0.29) is 6.03 Å². The highest BCUT2D eigenvalue weighted by atomic mass is 35.5. The Morgan fingerprint density at radius 2 is 2.05 bits per heavy atom. The summed E-state index contributed by atoms with van der Waals surface area (Å²) in [5.41, 5.74) is 2.37. The Kier molecular flexibility index (Phi) is 6.34. The van der Waals surface area contributed by atoms with Gasteiger partial charge in [-0.2, -0.15) is 0 Å². The van der Waals surface area contributed by atoms with Crippen molar-refractivity contribution in [2.75, 3.05) is 51.3 Å². The monoisotopic (exact) mass is 325 g/mol. The van der Waals surface area contributed by atoms with Crippen LogP contribution in [0.3, 0.4) is 0 Å². The van der Waals surface area contributed by atoms with Gasteiger partial charge in [-0.25, -0.2) is 4.79 Å². The van der Waals surface area contributed by atoms with Crippen LogP contribution >= 0.6 is 11.6 Å². The topological polar surface area (TPSA) is 44.8 Å². The molecule has 0 saturated carbocycles. The smallest absolute Gasteiger partial charge is 0.317 e. The van der Waals surface area contributed by atoms with Crippen LogP contribution in [0.15, 0.2) is 18.2 Å². The van der Waals surface area contributed by atoms with E-state index in [1.807, 2.05) is 23.1 Å².